The maximum atomic E-state index is 11.8. The zero-order valence-electron chi connectivity index (χ0n) is 12.8. The van der Waals surface area contributed by atoms with E-state index in [1.54, 1.807) is 23.5 Å². The van der Waals surface area contributed by atoms with E-state index in [0.717, 1.165) is 21.8 Å². The maximum absolute atomic E-state index is 11.8. The Bertz CT molecular complexity index is 830. The number of thiophene rings is 1. The molecule has 0 spiro atoms. The van der Waals surface area contributed by atoms with Gasteiger partial charge < -0.3 is 9.47 Å². The second-order valence-electron chi connectivity index (χ2n) is 5.04. The van der Waals surface area contributed by atoms with Crippen molar-refractivity contribution in [1.29, 1.82) is 0 Å². The lowest BCUT2D eigenvalue weighted by Gasteiger charge is -2.08. The summed E-state index contributed by atoms with van der Waals surface area (Å²) < 4.78 is 10.6. The van der Waals surface area contributed by atoms with Gasteiger partial charge in [-0.2, -0.15) is 11.3 Å². The summed E-state index contributed by atoms with van der Waals surface area (Å²) in [7, 11) is 0. The molecule has 0 N–H and O–H groups in total. The molecule has 0 fully saturated rings. The highest BCUT2D eigenvalue weighted by molar-refractivity contribution is 7.14. The van der Waals surface area contributed by atoms with Crippen LogP contribution >= 0.6 is 34.3 Å². The van der Waals surface area contributed by atoms with Gasteiger partial charge in [0.1, 0.15) is 17.4 Å². The number of hydrogen-bond acceptors (Lipinski definition) is 6. The summed E-state index contributed by atoms with van der Waals surface area (Å²) in [6, 6.07) is 7.40. The third kappa shape index (κ3) is 4.35. The zero-order valence-corrected chi connectivity index (χ0v) is 15.2. The van der Waals surface area contributed by atoms with Gasteiger partial charge in [-0.15, -0.1) is 11.3 Å². The van der Waals surface area contributed by atoms with E-state index >= 15 is 0 Å². The number of rotatable bonds is 6. The van der Waals surface area contributed by atoms with Crippen molar-refractivity contribution < 1.29 is 14.3 Å². The Morgan fingerprint density at radius 2 is 2.17 bits per heavy atom. The Hall–Kier alpha value is -1.89. The molecular weight excluding hydrogens is 366 g/mol. The first-order valence-electron chi connectivity index (χ1n) is 7.13. The van der Waals surface area contributed by atoms with Crippen molar-refractivity contribution in [2.45, 2.75) is 13.5 Å². The first-order chi connectivity index (χ1) is 11.6. The second-order valence-corrected chi connectivity index (χ2v) is 7.08. The number of aromatic nitrogens is 1. The molecule has 2 heterocycles. The normalized spacial score (nSPS) is 10.6. The number of aryl methyl sites for hydroxylation is 1. The number of thiazole rings is 1. The Labute approximate surface area is 152 Å². The molecular formula is C17H14ClNO3S2. The van der Waals surface area contributed by atoms with Crippen molar-refractivity contribution in [3.05, 3.63) is 56.7 Å². The van der Waals surface area contributed by atoms with E-state index in [1.807, 2.05) is 35.2 Å². The van der Waals surface area contributed by atoms with Crippen molar-refractivity contribution in [2.24, 2.45) is 0 Å². The average molecular weight is 380 g/mol. The second kappa shape index (κ2) is 7.79. The molecule has 0 aliphatic rings. The third-order valence-corrected chi connectivity index (χ3v) is 5.07. The zero-order chi connectivity index (χ0) is 16.9. The van der Waals surface area contributed by atoms with Gasteiger partial charge in [0.25, 0.3) is 0 Å². The van der Waals surface area contributed by atoms with Crippen LogP contribution in [-0.2, 0) is 16.1 Å². The molecule has 0 saturated carbocycles. The van der Waals surface area contributed by atoms with Gasteiger partial charge in [0.15, 0.2) is 6.61 Å². The van der Waals surface area contributed by atoms with E-state index < -0.39 is 5.97 Å². The Morgan fingerprint density at radius 1 is 1.29 bits per heavy atom. The van der Waals surface area contributed by atoms with Crippen LogP contribution in [0.1, 0.15) is 11.3 Å². The van der Waals surface area contributed by atoms with Gasteiger partial charge >= 0.3 is 5.97 Å². The SMILES string of the molecule is Cc1ccc(Cl)c(OCC(=O)OCc2csc(-c3ccsc3)n2)c1. The van der Waals surface area contributed by atoms with Gasteiger partial charge in [-0.3, -0.25) is 0 Å². The van der Waals surface area contributed by atoms with Crippen LogP contribution in [0.5, 0.6) is 5.75 Å². The quantitative estimate of drug-likeness (QED) is 0.568. The molecule has 0 bridgehead atoms. The summed E-state index contributed by atoms with van der Waals surface area (Å²) in [6.45, 7) is 1.86. The molecule has 24 heavy (non-hydrogen) atoms. The van der Waals surface area contributed by atoms with Crippen LogP contribution in [0.2, 0.25) is 5.02 Å². The molecule has 7 heteroatoms. The van der Waals surface area contributed by atoms with Crippen LogP contribution in [0.25, 0.3) is 10.6 Å². The number of carbonyl (C=O) groups is 1. The minimum absolute atomic E-state index is 0.129. The van der Waals surface area contributed by atoms with Crippen LogP contribution in [0.15, 0.2) is 40.4 Å². The molecule has 0 unspecified atom stereocenters. The monoisotopic (exact) mass is 379 g/mol. The first-order valence-corrected chi connectivity index (χ1v) is 9.33. The number of hydrogen-bond donors (Lipinski definition) is 0. The van der Waals surface area contributed by atoms with Gasteiger partial charge in [0.05, 0.1) is 10.7 Å². The smallest absolute Gasteiger partial charge is 0.344 e. The van der Waals surface area contributed by atoms with E-state index in [4.69, 9.17) is 21.1 Å². The fraction of sp³-hybridized carbons (Fsp3) is 0.176. The number of ether oxygens (including phenoxy) is 2. The summed E-state index contributed by atoms with van der Waals surface area (Å²) in [5, 5.41) is 7.31. The molecule has 0 atom stereocenters. The van der Waals surface area contributed by atoms with E-state index in [0.29, 0.717) is 10.8 Å². The van der Waals surface area contributed by atoms with Gasteiger partial charge in [0, 0.05) is 16.3 Å². The number of carbonyl (C=O) groups excluding carboxylic acids is 1. The Balaban J connectivity index is 1.50. The minimum atomic E-state index is -0.461. The largest absolute Gasteiger partial charge is 0.480 e. The highest BCUT2D eigenvalue weighted by atomic mass is 35.5. The molecule has 1 aromatic carbocycles. The molecule has 124 valence electrons. The molecule has 0 aliphatic heterocycles. The van der Waals surface area contributed by atoms with Crippen LogP contribution in [-0.4, -0.2) is 17.6 Å². The standard InChI is InChI=1S/C17H14ClNO3S2/c1-11-2-3-14(18)15(6-11)21-8-16(20)22-7-13-10-24-17(19-13)12-4-5-23-9-12/h2-6,9-10H,7-8H2,1H3. The predicted molar refractivity (Wildman–Crippen MR) is 96.9 cm³/mol. The Morgan fingerprint density at radius 3 is 2.96 bits per heavy atom. The molecule has 3 aromatic rings. The van der Waals surface area contributed by atoms with Crippen LogP contribution in [0.3, 0.4) is 0 Å². The van der Waals surface area contributed by atoms with Crippen molar-refractivity contribution in [2.75, 3.05) is 6.61 Å². The van der Waals surface area contributed by atoms with Gasteiger partial charge in [-0.25, -0.2) is 9.78 Å². The predicted octanol–water partition coefficient (Wildman–Crippen LogP) is 4.96. The van der Waals surface area contributed by atoms with Crippen LogP contribution in [0.4, 0.5) is 0 Å². The van der Waals surface area contributed by atoms with E-state index in [-0.39, 0.29) is 13.2 Å². The number of nitrogens with zero attached hydrogens (tertiary/aromatic N) is 1. The number of halogens is 1. The number of esters is 1. The summed E-state index contributed by atoms with van der Waals surface area (Å²) in [6.07, 6.45) is 0. The van der Waals surface area contributed by atoms with E-state index in [9.17, 15) is 4.79 Å². The molecule has 0 amide bonds. The van der Waals surface area contributed by atoms with Crippen molar-refractivity contribution >= 4 is 40.2 Å². The van der Waals surface area contributed by atoms with Crippen molar-refractivity contribution in [3.8, 4) is 16.3 Å². The molecule has 0 aliphatic carbocycles. The summed E-state index contributed by atoms with van der Waals surface area (Å²) in [5.74, 6) is 0.0136. The van der Waals surface area contributed by atoms with Gasteiger partial charge in [0.2, 0.25) is 0 Å². The summed E-state index contributed by atoms with van der Waals surface area (Å²) >= 11 is 9.17. The van der Waals surface area contributed by atoms with Crippen molar-refractivity contribution in [3.63, 3.8) is 0 Å². The van der Waals surface area contributed by atoms with E-state index in [2.05, 4.69) is 4.98 Å². The van der Waals surface area contributed by atoms with Crippen LogP contribution in [0, 0.1) is 6.92 Å². The lowest BCUT2D eigenvalue weighted by Crippen LogP contribution is -2.15. The van der Waals surface area contributed by atoms with Crippen molar-refractivity contribution in [1.82, 2.24) is 4.98 Å². The fourth-order valence-corrected chi connectivity index (χ4v) is 3.63. The van der Waals surface area contributed by atoms with E-state index in [1.165, 1.54) is 11.3 Å². The number of benzene rings is 1. The lowest BCUT2D eigenvalue weighted by atomic mass is 10.2. The lowest BCUT2D eigenvalue weighted by molar-refractivity contribution is -0.147. The fourth-order valence-electron chi connectivity index (χ4n) is 1.95. The highest BCUT2D eigenvalue weighted by Crippen LogP contribution is 2.26. The third-order valence-electron chi connectivity index (χ3n) is 3.13. The van der Waals surface area contributed by atoms with Crippen LogP contribution < -0.4 is 4.74 Å². The first kappa shape index (κ1) is 17.0. The molecule has 0 radical (unpaired) electrons. The molecule has 3 rings (SSSR count). The topological polar surface area (TPSA) is 48.4 Å². The molecule has 4 nitrogen and oxygen atoms in total. The summed E-state index contributed by atoms with van der Waals surface area (Å²) in [5.41, 5.74) is 2.81. The van der Waals surface area contributed by atoms with Gasteiger partial charge in [-0.1, -0.05) is 17.7 Å². The molecule has 2 aromatic heterocycles. The molecule has 0 saturated heterocycles. The Kier molecular flexibility index (Phi) is 5.50. The maximum Gasteiger partial charge on any atom is 0.344 e. The van der Waals surface area contributed by atoms with Gasteiger partial charge in [-0.05, 0) is 36.1 Å². The summed E-state index contributed by atoms with van der Waals surface area (Å²) in [4.78, 5) is 16.3. The average Bonchev–Trinajstić information content (AvgIpc) is 3.24. The minimum Gasteiger partial charge on any atom is -0.480 e. The highest BCUT2D eigenvalue weighted by Gasteiger charge is 2.10.